The largest absolute Gasteiger partial charge is 0.383 e. The van der Waals surface area contributed by atoms with E-state index in [9.17, 15) is 9.59 Å². The molecule has 100 valence electrons. The van der Waals surface area contributed by atoms with Crippen molar-refractivity contribution in [1.29, 1.82) is 0 Å². The first-order chi connectivity index (χ1) is 8.93. The monoisotopic (exact) mass is 299 g/mol. The zero-order valence-corrected chi connectivity index (χ0v) is 11.8. The van der Waals surface area contributed by atoms with Crippen molar-refractivity contribution in [2.24, 2.45) is 11.1 Å². The van der Waals surface area contributed by atoms with E-state index in [2.05, 4.69) is 5.16 Å². The molecule has 1 aliphatic rings. The van der Waals surface area contributed by atoms with Crippen LogP contribution in [-0.4, -0.2) is 23.4 Å². The first-order valence-corrected chi connectivity index (χ1v) is 6.38. The third-order valence-electron chi connectivity index (χ3n) is 2.92. The number of oxime groups is 1. The number of halogens is 2. The van der Waals surface area contributed by atoms with Crippen LogP contribution >= 0.6 is 23.2 Å². The molecule has 0 spiro atoms. The van der Waals surface area contributed by atoms with E-state index in [-0.39, 0.29) is 11.6 Å². The minimum absolute atomic E-state index is 0.215. The summed E-state index contributed by atoms with van der Waals surface area (Å²) in [5.41, 5.74) is 0.748. The molecule has 0 unspecified atom stereocenters. The first kappa shape index (κ1) is 14.0. The van der Waals surface area contributed by atoms with E-state index >= 15 is 0 Å². The summed E-state index contributed by atoms with van der Waals surface area (Å²) in [6, 6.07) is 4.98. The second-order valence-corrected chi connectivity index (χ2v) is 5.11. The molecule has 0 saturated carbocycles. The Morgan fingerprint density at radius 2 is 1.74 bits per heavy atom. The summed E-state index contributed by atoms with van der Waals surface area (Å²) in [6.07, 6.45) is -0.903. The molecule has 0 N–H and O–H groups in total. The van der Waals surface area contributed by atoms with Crippen molar-refractivity contribution in [3.05, 3.63) is 33.8 Å². The Labute approximate surface area is 120 Å². The van der Waals surface area contributed by atoms with Gasteiger partial charge in [0.05, 0.1) is 10.0 Å². The molecule has 1 aliphatic heterocycles. The van der Waals surface area contributed by atoms with Gasteiger partial charge in [0.1, 0.15) is 17.4 Å². The fourth-order valence-electron chi connectivity index (χ4n) is 2.03. The molecule has 0 saturated heterocycles. The van der Waals surface area contributed by atoms with E-state index in [1.165, 1.54) is 13.8 Å². The van der Waals surface area contributed by atoms with Gasteiger partial charge in [0, 0.05) is 5.56 Å². The Morgan fingerprint density at radius 1 is 1.16 bits per heavy atom. The zero-order chi connectivity index (χ0) is 14.2. The lowest BCUT2D eigenvalue weighted by Gasteiger charge is -2.14. The quantitative estimate of drug-likeness (QED) is 0.862. The van der Waals surface area contributed by atoms with Gasteiger partial charge < -0.3 is 4.84 Å². The molecule has 2 atom stereocenters. The number of benzene rings is 1. The van der Waals surface area contributed by atoms with Crippen molar-refractivity contribution in [2.75, 3.05) is 0 Å². The molecule has 19 heavy (non-hydrogen) atoms. The highest BCUT2D eigenvalue weighted by Gasteiger charge is 2.42. The fraction of sp³-hybridized carbons (Fsp3) is 0.308. The van der Waals surface area contributed by atoms with Gasteiger partial charge in [-0.05, 0) is 26.0 Å². The Kier molecular flexibility index (Phi) is 3.92. The van der Waals surface area contributed by atoms with Crippen LogP contribution in [0.4, 0.5) is 0 Å². The lowest BCUT2D eigenvalue weighted by molar-refractivity contribution is -0.134. The van der Waals surface area contributed by atoms with Gasteiger partial charge in [0.25, 0.3) is 0 Å². The standard InChI is InChI=1S/C13H11Cl2NO3/c1-6(17)10-12(16-19-13(10)7(2)18)11-8(14)4-3-5-9(11)15/h3-5,10,13H,1-2H3/t10-,13+/m0/s1. The van der Waals surface area contributed by atoms with Crippen molar-refractivity contribution in [2.45, 2.75) is 20.0 Å². The molecule has 1 aromatic carbocycles. The highest BCUT2D eigenvalue weighted by Crippen LogP contribution is 2.32. The number of carbonyl (C=O) groups is 2. The number of rotatable bonds is 3. The van der Waals surface area contributed by atoms with Gasteiger partial charge in [-0.2, -0.15) is 0 Å². The molecule has 2 rings (SSSR count). The number of hydrogen-bond donors (Lipinski definition) is 0. The van der Waals surface area contributed by atoms with E-state index in [1.807, 2.05) is 0 Å². The molecule has 0 bridgehead atoms. The highest BCUT2D eigenvalue weighted by molar-refractivity contribution is 6.41. The molecular formula is C13H11Cl2NO3. The van der Waals surface area contributed by atoms with Crippen LogP contribution in [0.15, 0.2) is 23.4 Å². The fourth-order valence-corrected chi connectivity index (χ4v) is 2.62. The number of carbonyl (C=O) groups excluding carboxylic acids is 2. The number of Topliss-reactive ketones (excluding diaryl/α,β-unsaturated/α-hetero) is 2. The number of hydrogen-bond acceptors (Lipinski definition) is 4. The van der Waals surface area contributed by atoms with Crippen molar-refractivity contribution in [1.82, 2.24) is 0 Å². The van der Waals surface area contributed by atoms with E-state index in [0.29, 0.717) is 21.3 Å². The van der Waals surface area contributed by atoms with Gasteiger partial charge in [-0.15, -0.1) is 0 Å². The molecule has 6 heteroatoms. The Morgan fingerprint density at radius 3 is 2.21 bits per heavy atom. The molecule has 0 aromatic heterocycles. The minimum atomic E-state index is -0.903. The molecular weight excluding hydrogens is 289 g/mol. The van der Waals surface area contributed by atoms with Crippen molar-refractivity contribution < 1.29 is 14.4 Å². The maximum atomic E-state index is 11.8. The normalized spacial score (nSPS) is 21.8. The van der Waals surface area contributed by atoms with Crippen molar-refractivity contribution in [3.63, 3.8) is 0 Å². The molecule has 0 fully saturated rings. The second-order valence-electron chi connectivity index (χ2n) is 4.30. The van der Waals surface area contributed by atoms with Crippen molar-refractivity contribution in [3.8, 4) is 0 Å². The highest BCUT2D eigenvalue weighted by atomic mass is 35.5. The summed E-state index contributed by atoms with van der Waals surface area (Å²) in [5.74, 6) is -1.25. The van der Waals surface area contributed by atoms with Crippen LogP contribution in [-0.2, 0) is 14.4 Å². The van der Waals surface area contributed by atoms with E-state index in [0.717, 1.165) is 0 Å². The van der Waals surface area contributed by atoms with Gasteiger partial charge in [0.2, 0.25) is 0 Å². The Balaban J connectivity index is 2.51. The van der Waals surface area contributed by atoms with Crippen LogP contribution in [0.5, 0.6) is 0 Å². The van der Waals surface area contributed by atoms with Gasteiger partial charge in [0.15, 0.2) is 11.9 Å². The third-order valence-corrected chi connectivity index (χ3v) is 3.55. The van der Waals surface area contributed by atoms with Gasteiger partial charge in [-0.1, -0.05) is 34.4 Å². The van der Waals surface area contributed by atoms with Crippen molar-refractivity contribution >= 4 is 40.5 Å². The predicted octanol–water partition coefficient (Wildman–Crippen LogP) is 2.89. The molecule has 4 nitrogen and oxygen atoms in total. The second kappa shape index (κ2) is 5.31. The van der Waals surface area contributed by atoms with E-state index < -0.39 is 12.0 Å². The molecule has 1 heterocycles. The van der Waals surface area contributed by atoms with Crippen LogP contribution in [0.1, 0.15) is 19.4 Å². The third kappa shape index (κ3) is 2.51. The Bertz CT molecular complexity index is 563. The predicted molar refractivity (Wildman–Crippen MR) is 72.7 cm³/mol. The van der Waals surface area contributed by atoms with E-state index in [1.54, 1.807) is 18.2 Å². The summed E-state index contributed by atoms with van der Waals surface area (Å²) in [5, 5.41) is 4.57. The van der Waals surface area contributed by atoms with Crippen LogP contribution < -0.4 is 0 Å². The number of ketones is 2. The minimum Gasteiger partial charge on any atom is -0.383 e. The molecule has 0 radical (unpaired) electrons. The maximum absolute atomic E-state index is 11.8. The Hall–Kier alpha value is -1.39. The van der Waals surface area contributed by atoms with Gasteiger partial charge in [-0.25, -0.2) is 0 Å². The number of nitrogens with zero attached hydrogens (tertiary/aromatic N) is 1. The van der Waals surface area contributed by atoms with Crippen LogP contribution in [0.2, 0.25) is 10.0 Å². The molecule has 1 aromatic rings. The van der Waals surface area contributed by atoms with Gasteiger partial charge in [-0.3, -0.25) is 9.59 Å². The summed E-state index contributed by atoms with van der Waals surface area (Å²) >= 11 is 12.2. The van der Waals surface area contributed by atoms with Crippen LogP contribution in [0, 0.1) is 5.92 Å². The lowest BCUT2D eigenvalue weighted by Crippen LogP contribution is -2.35. The summed E-state index contributed by atoms with van der Waals surface area (Å²) in [6.45, 7) is 2.74. The van der Waals surface area contributed by atoms with Crippen LogP contribution in [0.3, 0.4) is 0 Å². The summed E-state index contributed by atoms with van der Waals surface area (Å²) in [7, 11) is 0. The molecule has 0 aliphatic carbocycles. The SMILES string of the molecule is CC(=O)[C@H]1C(c2c(Cl)cccc2Cl)=NO[C@@H]1C(C)=O. The topological polar surface area (TPSA) is 55.7 Å². The first-order valence-electron chi connectivity index (χ1n) is 5.62. The summed E-state index contributed by atoms with van der Waals surface area (Å²) < 4.78 is 0. The molecule has 0 amide bonds. The average molecular weight is 300 g/mol. The average Bonchev–Trinajstić information content (AvgIpc) is 2.73. The smallest absolute Gasteiger partial charge is 0.200 e. The van der Waals surface area contributed by atoms with E-state index in [4.69, 9.17) is 28.0 Å². The summed E-state index contributed by atoms with van der Waals surface area (Å²) in [4.78, 5) is 28.3. The zero-order valence-electron chi connectivity index (χ0n) is 10.3. The maximum Gasteiger partial charge on any atom is 0.200 e. The van der Waals surface area contributed by atoms with Crippen LogP contribution in [0.25, 0.3) is 0 Å². The van der Waals surface area contributed by atoms with Gasteiger partial charge >= 0.3 is 0 Å². The lowest BCUT2D eigenvalue weighted by atomic mass is 9.88.